The van der Waals surface area contributed by atoms with Crippen molar-refractivity contribution < 1.29 is 9.53 Å². The molecule has 5 rings (SSSR count). The van der Waals surface area contributed by atoms with Crippen molar-refractivity contribution in [1.29, 1.82) is 0 Å². The van der Waals surface area contributed by atoms with E-state index in [1.54, 1.807) is 0 Å². The molecule has 1 heterocycles. The summed E-state index contributed by atoms with van der Waals surface area (Å²) in [6, 6.07) is 43.8. The monoisotopic (exact) mass is 517 g/mol. The SMILES string of the molecule is CC(=O)OCCC1(c2ccccc2)CCN(CCC(c2ccccc2)(c2ccccc2)c2ccccc2)CC1. The van der Waals surface area contributed by atoms with Crippen LogP contribution in [-0.2, 0) is 20.4 Å². The molecule has 3 nitrogen and oxygen atoms in total. The van der Waals surface area contributed by atoms with Crippen LogP contribution in [0.2, 0.25) is 0 Å². The lowest BCUT2D eigenvalue weighted by Gasteiger charge is -2.44. The summed E-state index contributed by atoms with van der Waals surface area (Å²) in [7, 11) is 0. The van der Waals surface area contributed by atoms with Crippen LogP contribution in [0.4, 0.5) is 0 Å². The lowest BCUT2D eigenvalue weighted by molar-refractivity contribution is -0.141. The highest BCUT2D eigenvalue weighted by atomic mass is 16.5. The summed E-state index contributed by atoms with van der Waals surface area (Å²) in [4.78, 5) is 14.1. The van der Waals surface area contributed by atoms with Gasteiger partial charge in [0.25, 0.3) is 0 Å². The summed E-state index contributed by atoms with van der Waals surface area (Å²) in [5, 5.41) is 0. The van der Waals surface area contributed by atoms with Gasteiger partial charge in [-0.3, -0.25) is 4.79 Å². The van der Waals surface area contributed by atoms with Crippen LogP contribution in [-0.4, -0.2) is 37.1 Å². The molecule has 1 aliphatic rings. The molecule has 0 bridgehead atoms. The fraction of sp³-hybridized carbons (Fsp3) is 0.306. The highest BCUT2D eigenvalue weighted by molar-refractivity contribution is 5.65. The van der Waals surface area contributed by atoms with Crippen LogP contribution >= 0.6 is 0 Å². The first-order valence-electron chi connectivity index (χ1n) is 14.2. The number of carbonyl (C=O) groups is 1. The van der Waals surface area contributed by atoms with Gasteiger partial charge in [-0.05, 0) is 67.6 Å². The molecule has 39 heavy (non-hydrogen) atoms. The number of benzene rings is 4. The first-order chi connectivity index (χ1) is 19.1. The Kier molecular flexibility index (Phi) is 8.58. The van der Waals surface area contributed by atoms with E-state index in [0.717, 1.165) is 45.3 Å². The van der Waals surface area contributed by atoms with Gasteiger partial charge in [-0.2, -0.15) is 0 Å². The number of ether oxygens (including phenoxy) is 1. The van der Waals surface area contributed by atoms with Crippen LogP contribution in [0.25, 0.3) is 0 Å². The number of hydrogen-bond donors (Lipinski definition) is 0. The molecule has 1 saturated heterocycles. The summed E-state index contributed by atoms with van der Waals surface area (Å²) >= 11 is 0. The van der Waals surface area contributed by atoms with Gasteiger partial charge in [0.15, 0.2) is 0 Å². The van der Waals surface area contributed by atoms with Gasteiger partial charge in [-0.1, -0.05) is 121 Å². The molecule has 4 aromatic carbocycles. The number of nitrogens with zero attached hydrogens (tertiary/aromatic N) is 1. The summed E-state index contributed by atoms with van der Waals surface area (Å²) in [5.41, 5.74) is 5.18. The minimum absolute atomic E-state index is 0.0442. The Morgan fingerprint density at radius 2 is 1.15 bits per heavy atom. The molecule has 0 N–H and O–H groups in total. The number of piperidine rings is 1. The molecule has 0 unspecified atom stereocenters. The maximum atomic E-state index is 11.5. The first kappa shape index (κ1) is 26.9. The average molecular weight is 518 g/mol. The van der Waals surface area contributed by atoms with Gasteiger partial charge in [0.05, 0.1) is 6.61 Å². The topological polar surface area (TPSA) is 29.5 Å². The zero-order valence-electron chi connectivity index (χ0n) is 23.0. The fourth-order valence-corrected chi connectivity index (χ4v) is 6.50. The highest BCUT2D eigenvalue weighted by Crippen LogP contribution is 2.43. The van der Waals surface area contributed by atoms with E-state index >= 15 is 0 Å². The Morgan fingerprint density at radius 3 is 1.59 bits per heavy atom. The van der Waals surface area contributed by atoms with Crippen molar-refractivity contribution in [2.75, 3.05) is 26.2 Å². The highest BCUT2D eigenvalue weighted by Gasteiger charge is 2.39. The van der Waals surface area contributed by atoms with Crippen molar-refractivity contribution in [3.63, 3.8) is 0 Å². The lowest BCUT2D eigenvalue weighted by Crippen LogP contribution is -2.45. The van der Waals surface area contributed by atoms with Crippen LogP contribution in [0, 0.1) is 0 Å². The molecule has 4 aromatic rings. The number of rotatable bonds is 10. The molecule has 0 atom stereocenters. The van der Waals surface area contributed by atoms with Gasteiger partial charge in [0.2, 0.25) is 0 Å². The Hall–Kier alpha value is -3.69. The number of carbonyl (C=O) groups excluding carboxylic acids is 1. The maximum absolute atomic E-state index is 11.5. The second-order valence-corrected chi connectivity index (χ2v) is 10.8. The molecule has 0 saturated carbocycles. The minimum Gasteiger partial charge on any atom is -0.466 e. The molecule has 1 aliphatic heterocycles. The van der Waals surface area contributed by atoms with Crippen LogP contribution < -0.4 is 0 Å². The fourth-order valence-electron chi connectivity index (χ4n) is 6.50. The molecular formula is C36H39NO2. The van der Waals surface area contributed by atoms with Crippen molar-refractivity contribution in [1.82, 2.24) is 4.90 Å². The number of esters is 1. The van der Waals surface area contributed by atoms with E-state index in [1.165, 1.54) is 29.2 Å². The molecule has 0 spiro atoms. The van der Waals surface area contributed by atoms with Crippen LogP contribution in [0.5, 0.6) is 0 Å². The Morgan fingerprint density at radius 1 is 0.718 bits per heavy atom. The molecule has 0 radical (unpaired) electrons. The zero-order chi connectivity index (χ0) is 27.0. The third kappa shape index (κ3) is 5.99. The summed E-state index contributed by atoms with van der Waals surface area (Å²) in [5.74, 6) is -0.199. The van der Waals surface area contributed by atoms with Crippen LogP contribution in [0.15, 0.2) is 121 Å². The second kappa shape index (κ2) is 12.4. The van der Waals surface area contributed by atoms with Gasteiger partial charge in [0.1, 0.15) is 0 Å². The summed E-state index contributed by atoms with van der Waals surface area (Å²) in [6.45, 7) is 5.04. The smallest absolute Gasteiger partial charge is 0.302 e. The van der Waals surface area contributed by atoms with Crippen molar-refractivity contribution in [3.8, 4) is 0 Å². The van der Waals surface area contributed by atoms with E-state index in [9.17, 15) is 4.79 Å². The summed E-state index contributed by atoms with van der Waals surface area (Å²) < 4.78 is 5.40. The van der Waals surface area contributed by atoms with Gasteiger partial charge in [-0.25, -0.2) is 0 Å². The van der Waals surface area contributed by atoms with E-state index in [1.807, 2.05) is 0 Å². The Labute approximate surface area is 233 Å². The average Bonchev–Trinajstić information content (AvgIpc) is 3.00. The van der Waals surface area contributed by atoms with Crippen LogP contribution in [0.3, 0.4) is 0 Å². The number of likely N-dealkylation sites (tertiary alicyclic amines) is 1. The van der Waals surface area contributed by atoms with Gasteiger partial charge >= 0.3 is 5.97 Å². The molecule has 3 heteroatoms. The van der Waals surface area contributed by atoms with Crippen molar-refractivity contribution in [3.05, 3.63) is 144 Å². The predicted octanol–water partition coefficient (Wildman–Crippen LogP) is 7.40. The normalized spacial score (nSPS) is 15.5. The zero-order valence-corrected chi connectivity index (χ0v) is 23.0. The quantitative estimate of drug-likeness (QED) is 0.162. The first-order valence-corrected chi connectivity index (χ1v) is 14.2. The van der Waals surface area contributed by atoms with Crippen molar-refractivity contribution >= 4 is 5.97 Å². The Balaban J connectivity index is 1.40. The van der Waals surface area contributed by atoms with Crippen molar-refractivity contribution in [2.45, 2.75) is 43.4 Å². The van der Waals surface area contributed by atoms with E-state index in [-0.39, 0.29) is 16.8 Å². The van der Waals surface area contributed by atoms with E-state index in [0.29, 0.717) is 6.61 Å². The molecular weight excluding hydrogens is 478 g/mol. The van der Waals surface area contributed by atoms with Gasteiger partial charge < -0.3 is 9.64 Å². The van der Waals surface area contributed by atoms with E-state index < -0.39 is 0 Å². The minimum atomic E-state index is -0.229. The second-order valence-electron chi connectivity index (χ2n) is 10.8. The van der Waals surface area contributed by atoms with E-state index in [4.69, 9.17) is 4.74 Å². The standard InChI is InChI=1S/C36H39NO2/c1-30(38)39-29-25-35(31-14-6-2-7-15-31)22-26-37(27-23-35)28-24-36(32-16-8-3-9-17-32,33-18-10-4-11-19-33)34-20-12-5-13-21-34/h2-21H,22-29H2,1H3. The number of hydrogen-bond acceptors (Lipinski definition) is 3. The van der Waals surface area contributed by atoms with E-state index in [2.05, 4.69) is 126 Å². The lowest BCUT2D eigenvalue weighted by atomic mass is 9.67. The third-order valence-corrected chi connectivity index (χ3v) is 8.69. The molecule has 0 aliphatic carbocycles. The summed E-state index contributed by atoms with van der Waals surface area (Å²) in [6.07, 6.45) is 3.99. The maximum Gasteiger partial charge on any atom is 0.302 e. The predicted molar refractivity (Wildman–Crippen MR) is 159 cm³/mol. The molecule has 1 fully saturated rings. The Bertz CT molecular complexity index is 1200. The molecule has 0 aromatic heterocycles. The van der Waals surface area contributed by atoms with Crippen LogP contribution in [0.1, 0.15) is 54.9 Å². The molecule has 0 amide bonds. The van der Waals surface area contributed by atoms with Gasteiger partial charge in [-0.15, -0.1) is 0 Å². The molecule has 200 valence electrons. The third-order valence-electron chi connectivity index (χ3n) is 8.69. The largest absolute Gasteiger partial charge is 0.466 e. The van der Waals surface area contributed by atoms with Gasteiger partial charge in [0, 0.05) is 17.8 Å². The van der Waals surface area contributed by atoms with Crippen molar-refractivity contribution in [2.24, 2.45) is 0 Å².